The van der Waals surface area contributed by atoms with Crippen molar-refractivity contribution in [1.29, 1.82) is 0 Å². The van der Waals surface area contributed by atoms with E-state index in [9.17, 15) is 0 Å². The topological polar surface area (TPSA) is 21.3 Å². The second kappa shape index (κ2) is 9.14. The summed E-state index contributed by atoms with van der Waals surface area (Å²) in [6.07, 6.45) is 2.04. The van der Waals surface area contributed by atoms with Crippen molar-refractivity contribution in [2.24, 2.45) is 0 Å². The number of hydrogen-bond donors (Lipinski definition) is 1. The molecule has 0 aromatic heterocycles. The molecule has 0 aliphatic carbocycles. The minimum atomic E-state index is 0.718. The summed E-state index contributed by atoms with van der Waals surface area (Å²) in [6, 6.07) is 26.5. The molecule has 0 aliphatic heterocycles. The highest BCUT2D eigenvalue weighted by Crippen LogP contribution is 2.19. The lowest BCUT2D eigenvalue weighted by molar-refractivity contribution is 0.311. The van der Waals surface area contributed by atoms with Gasteiger partial charge in [0, 0.05) is 23.3 Å². The van der Waals surface area contributed by atoms with Crippen LogP contribution in [0.5, 0.6) is 5.75 Å². The number of rotatable bonds is 8. The molecule has 0 atom stereocenters. The van der Waals surface area contributed by atoms with E-state index in [1.54, 1.807) is 0 Å². The van der Waals surface area contributed by atoms with E-state index in [0.717, 1.165) is 42.5 Å². The zero-order valence-corrected chi connectivity index (χ0v) is 14.9. The third-order valence-electron chi connectivity index (χ3n) is 3.97. The summed E-state index contributed by atoms with van der Waals surface area (Å²) in [6.45, 7) is 1.48. The fraction of sp³-hybridized carbons (Fsp3) is 0.182. The highest BCUT2D eigenvalue weighted by molar-refractivity contribution is 6.30. The quantitative estimate of drug-likeness (QED) is 0.505. The lowest BCUT2D eigenvalue weighted by Gasteiger charge is -2.10. The van der Waals surface area contributed by atoms with Crippen molar-refractivity contribution in [1.82, 2.24) is 0 Å². The number of aryl methyl sites for hydroxylation is 1. The van der Waals surface area contributed by atoms with Gasteiger partial charge in [-0.2, -0.15) is 0 Å². The van der Waals surface area contributed by atoms with Gasteiger partial charge >= 0.3 is 0 Å². The van der Waals surface area contributed by atoms with Gasteiger partial charge in [-0.15, -0.1) is 0 Å². The van der Waals surface area contributed by atoms with Gasteiger partial charge in [-0.3, -0.25) is 0 Å². The van der Waals surface area contributed by atoms with E-state index < -0.39 is 0 Å². The molecular weight excluding hydrogens is 330 g/mol. The van der Waals surface area contributed by atoms with Crippen LogP contribution in [-0.2, 0) is 13.0 Å². The van der Waals surface area contributed by atoms with Crippen molar-refractivity contribution < 1.29 is 4.74 Å². The average Bonchev–Trinajstić information content (AvgIpc) is 2.66. The Hall–Kier alpha value is -2.45. The van der Waals surface area contributed by atoms with Crippen LogP contribution in [0.1, 0.15) is 17.5 Å². The van der Waals surface area contributed by atoms with Gasteiger partial charge in [0.05, 0.1) is 6.61 Å². The van der Waals surface area contributed by atoms with Gasteiger partial charge in [-0.25, -0.2) is 0 Å². The predicted octanol–water partition coefficient (Wildman–Crippen LogP) is 5.96. The first-order valence-corrected chi connectivity index (χ1v) is 8.92. The average molecular weight is 352 g/mol. The molecule has 0 saturated carbocycles. The van der Waals surface area contributed by atoms with Crippen molar-refractivity contribution in [3.63, 3.8) is 0 Å². The van der Waals surface area contributed by atoms with Gasteiger partial charge in [0.25, 0.3) is 0 Å². The number of nitrogens with one attached hydrogen (secondary N) is 1. The molecule has 0 spiro atoms. The molecule has 0 bridgehead atoms. The highest BCUT2D eigenvalue weighted by Gasteiger charge is 1.99. The Morgan fingerprint density at radius 1 is 0.800 bits per heavy atom. The molecule has 3 aromatic rings. The Bertz CT molecular complexity index is 772. The highest BCUT2D eigenvalue weighted by atomic mass is 35.5. The van der Waals surface area contributed by atoms with Crippen LogP contribution in [0.25, 0.3) is 0 Å². The summed E-state index contributed by atoms with van der Waals surface area (Å²) in [5.74, 6) is 0.897. The van der Waals surface area contributed by atoms with Crippen molar-refractivity contribution in [3.05, 3.63) is 95.0 Å². The second-order valence-corrected chi connectivity index (χ2v) is 6.38. The number of hydrogen-bond acceptors (Lipinski definition) is 2. The molecule has 3 rings (SSSR count). The Morgan fingerprint density at radius 3 is 2.40 bits per heavy atom. The maximum absolute atomic E-state index is 5.91. The van der Waals surface area contributed by atoms with Crippen LogP contribution >= 0.6 is 11.6 Å². The number of ether oxygens (including phenoxy) is 1. The molecular formula is C22H22ClNO. The summed E-state index contributed by atoms with van der Waals surface area (Å²) in [5.41, 5.74) is 3.60. The van der Waals surface area contributed by atoms with Gasteiger partial charge in [0.1, 0.15) is 5.75 Å². The van der Waals surface area contributed by atoms with E-state index in [-0.39, 0.29) is 0 Å². The summed E-state index contributed by atoms with van der Waals surface area (Å²) >= 11 is 5.91. The first-order valence-electron chi connectivity index (χ1n) is 8.55. The van der Waals surface area contributed by atoms with E-state index in [0.29, 0.717) is 0 Å². The lowest BCUT2D eigenvalue weighted by atomic mass is 10.1. The molecule has 0 fully saturated rings. The first-order chi connectivity index (χ1) is 12.3. The molecule has 0 aliphatic rings. The Balaban J connectivity index is 1.45. The predicted molar refractivity (Wildman–Crippen MR) is 105 cm³/mol. The molecule has 0 unspecified atom stereocenters. The zero-order valence-electron chi connectivity index (χ0n) is 14.1. The monoisotopic (exact) mass is 351 g/mol. The summed E-state index contributed by atoms with van der Waals surface area (Å²) in [4.78, 5) is 0. The number of anilines is 1. The standard InChI is InChI=1S/C22H22ClNO/c23-20-13-11-19(12-14-20)17-24-21-9-4-10-22(16-21)25-15-5-8-18-6-2-1-3-7-18/h1-4,6-7,9-14,16,24H,5,8,15,17H2. The third-order valence-corrected chi connectivity index (χ3v) is 4.22. The number of benzene rings is 3. The van der Waals surface area contributed by atoms with Crippen LogP contribution < -0.4 is 10.1 Å². The zero-order chi connectivity index (χ0) is 17.3. The van der Waals surface area contributed by atoms with Crippen LogP contribution in [0.3, 0.4) is 0 Å². The summed E-state index contributed by atoms with van der Waals surface area (Å²) < 4.78 is 5.88. The van der Waals surface area contributed by atoms with Gasteiger partial charge < -0.3 is 10.1 Å². The van der Waals surface area contributed by atoms with E-state index in [1.165, 1.54) is 11.1 Å². The van der Waals surface area contributed by atoms with Gasteiger partial charge in [0.2, 0.25) is 0 Å². The molecule has 1 N–H and O–H groups in total. The van der Waals surface area contributed by atoms with Gasteiger partial charge in [0.15, 0.2) is 0 Å². The van der Waals surface area contributed by atoms with Crippen molar-refractivity contribution >= 4 is 17.3 Å². The van der Waals surface area contributed by atoms with Crippen LogP contribution in [-0.4, -0.2) is 6.61 Å². The lowest BCUT2D eigenvalue weighted by Crippen LogP contribution is -2.01. The van der Waals surface area contributed by atoms with Crippen LogP contribution in [0.15, 0.2) is 78.9 Å². The Morgan fingerprint density at radius 2 is 1.60 bits per heavy atom. The molecule has 0 heterocycles. The first kappa shape index (κ1) is 17.4. The molecule has 0 amide bonds. The fourth-order valence-electron chi connectivity index (χ4n) is 2.61. The van der Waals surface area contributed by atoms with Crippen molar-refractivity contribution in [2.75, 3.05) is 11.9 Å². The third kappa shape index (κ3) is 5.84. The van der Waals surface area contributed by atoms with E-state index in [2.05, 4.69) is 29.6 Å². The second-order valence-electron chi connectivity index (χ2n) is 5.95. The summed E-state index contributed by atoms with van der Waals surface area (Å²) in [5, 5.41) is 4.17. The van der Waals surface area contributed by atoms with Crippen LogP contribution in [0.2, 0.25) is 5.02 Å². The van der Waals surface area contributed by atoms with Crippen LogP contribution in [0.4, 0.5) is 5.69 Å². The van der Waals surface area contributed by atoms with Gasteiger partial charge in [-0.05, 0) is 48.2 Å². The van der Waals surface area contributed by atoms with Crippen LogP contribution in [0, 0.1) is 0 Å². The van der Waals surface area contributed by atoms with Crippen molar-refractivity contribution in [2.45, 2.75) is 19.4 Å². The molecule has 3 aromatic carbocycles. The largest absolute Gasteiger partial charge is 0.494 e. The maximum atomic E-state index is 5.91. The summed E-state index contributed by atoms with van der Waals surface area (Å²) in [7, 11) is 0. The normalized spacial score (nSPS) is 10.4. The van der Waals surface area contributed by atoms with Gasteiger partial charge in [-0.1, -0.05) is 60.1 Å². The Labute approximate surface area is 154 Å². The fourth-order valence-corrected chi connectivity index (χ4v) is 2.74. The molecule has 0 radical (unpaired) electrons. The van der Waals surface area contributed by atoms with E-state index in [1.807, 2.05) is 54.6 Å². The minimum Gasteiger partial charge on any atom is -0.494 e. The van der Waals surface area contributed by atoms with E-state index in [4.69, 9.17) is 16.3 Å². The molecule has 3 heteroatoms. The minimum absolute atomic E-state index is 0.718. The van der Waals surface area contributed by atoms with E-state index >= 15 is 0 Å². The molecule has 0 saturated heterocycles. The Kier molecular flexibility index (Phi) is 6.35. The SMILES string of the molecule is Clc1ccc(CNc2cccc(OCCCc3ccccc3)c2)cc1. The smallest absolute Gasteiger partial charge is 0.121 e. The number of halogens is 1. The molecule has 25 heavy (non-hydrogen) atoms. The van der Waals surface area contributed by atoms with Crippen molar-refractivity contribution in [3.8, 4) is 5.75 Å². The molecule has 128 valence electrons. The maximum Gasteiger partial charge on any atom is 0.121 e. The molecule has 2 nitrogen and oxygen atoms in total.